The molecule has 3 N–H and O–H groups in total. The van der Waals surface area contributed by atoms with Gasteiger partial charge >= 0.3 is 0 Å². The molecule has 0 spiro atoms. The summed E-state index contributed by atoms with van der Waals surface area (Å²) in [7, 11) is 2.15. The number of pyridine rings is 1. The second-order valence-corrected chi connectivity index (χ2v) is 6.60. The average Bonchev–Trinajstić information content (AvgIpc) is 2.57. The fourth-order valence-corrected chi connectivity index (χ4v) is 3.44. The first-order chi connectivity index (χ1) is 11.6. The van der Waals surface area contributed by atoms with Gasteiger partial charge < -0.3 is 16.0 Å². The largest absolute Gasteiger partial charge is 0.383 e. The molecule has 1 saturated heterocycles. The van der Waals surface area contributed by atoms with Crippen molar-refractivity contribution >= 4 is 33.6 Å². The third-order valence-corrected chi connectivity index (χ3v) is 4.83. The van der Waals surface area contributed by atoms with Crippen molar-refractivity contribution in [3.63, 3.8) is 0 Å². The van der Waals surface area contributed by atoms with Crippen molar-refractivity contribution in [3.05, 3.63) is 30.0 Å². The van der Waals surface area contributed by atoms with Crippen LogP contribution in [0.15, 0.2) is 24.3 Å². The van der Waals surface area contributed by atoms with Gasteiger partial charge in [0.25, 0.3) is 0 Å². The van der Waals surface area contributed by atoms with Crippen molar-refractivity contribution in [3.8, 4) is 0 Å². The fraction of sp³-hybridized carbons (Fsp3) is 0.389. The molecule has 0 atom stereocenters. The summed E-state index contributed by atoms with van der Waals surface area (Å²) in [4.78, 5) is 16.1. The van der Waals surface area contributed by atoms with Crippen LogP contribution in [0.2, 0.25) is 0 Å². The number of rotatable bonds is 2. The van der Waals surface area contributed by atoms with Crippen molar-refractivity contribution in [2.75, 3.05) is 31.2 Å². The van der Waals surface area contributed by atoms with Crippen LogP contribution in [0.1, 0.15) is 18.5 Å². The van der Waals surface area contributed by atoms with E-state index in [1.807, 2.05) is 19.1 Å². The minimum atomic E-state index is 0.389. The minimum absolute atomic E-state index is 0.389. The molecule has 1 aliphatic rings. The predicted octanol–water partition coefficient (Wildman–Crippen LogP) is 2.57. The van der Waals surface area contributed by atoms with Crippen molar-refractivity contribution in [2.45, 2.75) is 25.8 Å². The molecule has 0 radical (unpaired) electrons. The molecule has 24 heavy (non-hydrogen) atoms. The number of benzene rings is 1. The molecule has 6 nitrogen and oxygen atoms in total. The third-order valence-electron chi connectivity index (χ3n) is 4.83. The van der Waals surface area contributed by atoms with E-state index in [0.29, 0.717) is 23.5 Å². The number of nitrogens with two attached hydrogens (primary N) is 1. The molecule has 6 heteroatoms. The zero-order chi connectivity index (χ0) is 16.7. The second-order valence-electron chi connectivity index (χ2n) is 6.60. The Hall–Kier alpha value is -2.47. The van der Waals surface area contributed by atoms with Crippen LogP contribution < -0.4 is 11.1 Å². The lowest BCUT2D eigenvalue weighted by molar-refractivity contribution is 0.263. The number of fused-ring (bicyclic) bond motifs is 3. The first-order valence-electron chi connectivity index (χ1n) is 8.39. The molecule has 0 unspecified atom stereocenters. The third kappa shape index (κ3) is 2.63. The number of hydrogen-bond acceptors (Lipinski definition) is 6. The molecule has 1 aromatic carbocycles. The molecule has 0 amide bonds. The molecule has 3 heterocycles. The highest BCUT2D eigenvalue weighted by Crippen LogP contribution is 2.29. The highest BCUT2D eigenvalue weighted by atomic mass is 15.2. The number of anilines is 2. The molecule has 124 valence electrons. The molecule has 1 aliphatic heterocycles. The van der Waals surface area contributed by atoms with Gasteiger partial charge in [0.1, 0.15) is 5.82 Å². The maximum absolute atomic E-state index is 6.26. The standard InChI is InChI=1S/C18H22N6/c1-11-13-5-3-4-6-14(13)15-16(19)22-18(23-17(15)20-11)21-12-7-9-24(2)10-8-12/h3-6,12H,7-10H2,1-2H3,(H3,19,20,21,22,23). The van der Waals surface area contributed by atoms with Crippen molar-refractivity contribution in [1.82, 2.24) is 19.9 Å². The van der Waals surface area contributed by atoms with Gasteiger partial charge in [0, 0.05) is 17.1 Å². The number of aromatic nitrogens is 3. The van der Waals surface area contributed by atoms with Gasteiger partial charge in [-0.15, -0.1) is 0 Å². The van der Waals surface area contributed by atoms with Gasteiger partial charge in [-0.1, -0.05) is 24.3 Å². The number of likely N-dealkylation sites (tertiary alicyclic amines) is 1. The monoisotopic (exact) mass is 322 g/mol. The fourth-order valence-electron chi connectivity index (χ4n) is 3.44. The molecule has 4 rings (SSSR count). The van der Waals surface area contributed by atoms with Gasteiger partial charge in [0.2, 0.25) is 5.95 Å². The molecule has 1 fully saturated rings. The summed E-state index contributed by atoms with van der Waals surface area (Å²) in [6.07, 6.45) is 2.17. The highest BCUT2D eigenvalue weighted by Gasteiger charge is 2.18. The summed E-state index contributed by atoms with van der Waals surface area (Å²) < 4.78 is 0. The van der Waals surface area contributed by atoms with E-state index in [4.69, 9.17) is 5.73 Å². The van der Waals surface area contributed by atoms with Gasteiger partial charge in [-0.25, -0.2) is 4.98 Å². The Morgan fingerprint density at radius 2 is 1.79 bits per heavy atom. The van der Waals surface area contributed by atoms with Crippen LogP contribution in [0.3, 0.4) is 0 Å². The summed E-state index contributed by atoms with van der Waals surface area (Å²) in [5, 5.41) is 6.42. The molecule has 2 aromatic heterocycles. The van der Waals surface area contributed by atoms with Crippen molar-refractivity contribution in [1.29, 1.82) is 0 Å². The van der Waals surface area contributed by atoms with Gasteiger partial charge in [0.15, 0.2) is 5.65 Å². The quantitative estimate of drug-likeness (QED) is 0.706. The summed E-state index contributed by atoms with van der Waals surface area (Å²) in [5.41, 5.74) is 7.88. The Labute approximate surface area is 141 Å². The molecule has 0 bridgehead atoms. The van der Waals surface area contributed by atoms with Gasteiger partial charge in [0.05, 0.1) is 5.39 Å². The van der Waals surface area contributed by atoms with E-state index >= 15 is 0 Å². The Kier molecular flexibility index (Phi) is 3.69. The van der Waals surface area contributed by atoms with E-state index in [-0.39, 0.29) is 0 Å². The first-order valence-corrected chi connectivity index (χ1v) is 8.39. The predicted molar refractivity (Wildman–Crippen MR) is 98.1 cm³/mol. The average molecular weight is 322 g/mol. The molecular weight excluding hydrogens is 300 g/mol. The summed E-state index contributed by atoms with van der Waals surface area (Å²) in [5.74, 6) is 1.07. The number of nitrogen functional groups attached to an aromatic ring is 1. The van der Waals surface area contributed by atoms with Crippen LogP contribution in [0.25, 0.3) is 21.8 Å². The number of aryl methyl sites for hydroxylation is 1. The summed E-state index contributed by atoms with van der Waals surface area (Å²) >= 11 is 0. The maximum Gasteiger partial charge on any atom is 0.226 e. The first kappa shape index (κ1) is 15.1. The maximum atomic E-state index is 6.26. The zero-order valence-corrected chi connectivity index (χ0v) is 14.1. The number of nitrogens with zero attached hydrogens (tertiary/aromatic N) is 4. The highest BCUT2D eigenvalue weighted by molar-refractivity contribution is 6.10. The van der Waals surface area contributed by atoms with Crippen molar-refractivity contribution in [2.24, 2.45) is 0 Å². The van der Waals surface area contributed by atoms with Crippen LogP contribution in [-0.2, 0) is 0 Å². The van der Waals surface area contributed by atoms with E-state index < -0.39 is 0 Å². The molecule has 0 saturated carbocycles. The van der Waals surface area contributed by atoms with Crippen LogP contribution in [0.4, 0.5) is 11.8 Å². The van der Waals surface area contributed by atoms with Crippen molar-refractivity contribution < 1.29 is 0 Å². The second kappa shape index (κ2) is 5.87. The summed E-state index contributed by atoms with van der Waals surface area (Å²) in [6.45, 7) is 4.18. The Balaban J connectivity index is 1.76. The Bertz CT molecular complexity index is 899. The van der Waals surface area contributed by atoms with Crippen LogP contribution >= 0.6 is 0 Å². The smallest absolute Gasteiger partial charge is 0.226 e. The van der Waals surface area contributed by atoms with Gasteiger partial charge in [-0.2, -0.15) is 9.97 Å². The lowest BCUT2D eigenvalue weighted by Crippen LogP contribution is -2.37. The van der Waals surface area contributed by atoms with Gasteiger partial charge in [-0.05, 0) is 45.3 Å². The van der Waals surface area contributed by atoms with E-state index in [0.717, 1.165) is 47.8 Å². The topological polar surface area (TPSA) is 80.0 Å². The van der Waals surface area contributed by atoms with Crippen LogP contribution in [-0.4, -0.2) is 46.0 Å². The van der Waals surface area contributed by atoms with Crippen LogP contribution in [0.5, 0.6) is 0 Å². The molecular formula is C18H22N6. The zero-order valence-electron chi connectivity index (χ0n) is 14.1. The SMILES string of the molecule is Cc1nc2nc(NC3CCN(C)CC3)nc(N)c2c2ccccc12. The molecule has 0 aliphatic carbocycles. The van der Waals surface area contributed by atoms with E-state index in [2.05, 4.69) is 44.3 Å². The lowest BCUT2D eigenvalue weighted by atomic mass is 10.1. The minimum Gasteiger partial charge on any atom is -0.383 e. The Morgan fingerprint density at radius 1 is 1.08 bits per heavy atom. The van der Waals surface area contributed by atoms with Gasteiger partial charge in [-0.3, -0.25) is 0 Å². The number of piperidine rings is 1. The normalized spacial score (nSPS) is 16.8. The number of nitrogens with one attached hydrogen (secondary N) is 1. The van der Waals surface area contributed by atoms with Crippen LogP contribution in [0, 0.1) is 6.92 Å². The number of hydrogen-bond donors (Lipinski definition) is 2. The Morgan fingerprint density at radius 3 is 2.54 bits per heavy atom. The van der Waals surface area contributed by atoms with E-state index in [1.165, 1.54) is 0 Å². The summed E-state index contributed by atoms with van der Waals surface area (Å²) in [6, 6.07) is 8.51. The molecule has 3 aromatic rings. The van der Waals surface area contributed by atoms with E-state index in [9.17, 15) is 0 Å². The van der Waals surface area contributed by atoms with E-state index in [1.54, 1.807) is 0 Å². The lowest BCUT2D eigenvalue weighted by Gasteiger charge is -2.29.